The molecule has 1 aliphatic carbocycles. The Balaban J connectivity index is 1.86. The van der Waals surface area contributed by atoms with E-state index < -0.39 is 11.7 Å². The zero-order valence-electron chi connectivity index (χ0n) is 17.5. The number of aliphatic hydroxyl groups is 2. The van der Waals surface area contributed by atoms with Crippen LogP contribution >= 0.6 is 15.9 Å². The van der Waals surface area contributed by atoms with Gasteiger partial charge in [-0.25, -0.2) is 0 Å². The third-order valence-corrected chi connectivity index (χ3v) is 7.25. The third kappa shape index (κ3) is 6.82. The van der Waals surface area contributed by atoms with Crippen LogP contribution in [0.25, 0.3) is 0 Å². The molecular weight excluding hydrogens is 424 g/mol. The lowest BCUT2D eigenvalue weighted by Crippen LogP contribution is -2.25. The second-order valence-electron chi connectivity index (χ2n) is 8.65. The molecular formula is C22H37BrO5. The van der Waals surface area contributed by atoms with Crippen molar-refractivity contribution in [3.05, 3.63) is 12.2 Å². The lowest BCUT2D eigenvalue weighted by molar-refractivity contribution is -0.140. The number of ether oxygens (including phenoxy) is 2. The van der Waals surface area contributed by atoms with E-state index in [-0.39, 0.29) is 34.8 Å². The molecule has 2 fully saturated rings. The molecule has 1 heterocycles. The predicted octanol–water partition coefficient (Wildman–Crippen LogP) is 4.14. The zero-order chi connectivity index (χ0) is 20.7. The van der Waals surface area contributed by atoms with Crippen molar-refractivity contribution in [1.82, 2.24) is 0 Å². The molecule has 0 spiro atoms. The molecule has 28 heavy (non-hydrogen) atoms. The number of halogens is 1. The van der Waals surface area contributed by atoms with Crippen LogP contribution in [0.4, 0.5) is 0 Å². The molecule has 7 atom stereocenters. The van der Waals surface area contributed by atoms with Crippen molar-refractivity contribution in [3.63, 3.8) is 0 Å². The van der Waals surface area contributed by atoms with E-state index in [1.807, 2.05) is 19.1 Å². The summed E-state index contributed by atoms with van der Waals surface area (Å²) in [6, 6.07) is 0. The predicted molar refractivity (Wildman–Crippen MR) is 113 cm³/mol. The molecule has 2 rings (SSSR count). The molecule has 2 N–H and O–H groups in total. The molecule has 1 aliphatic heterocycles. The molecule has 0 aromatic heterocycles. The summed E-state index contributed by atoms with van der Waals surface area (Å²) in [5.41, 5.74) is -0.822. The Kier molecular flexibility index (Phi) is 9.45. The highest BCUT2D eigenvalue weighted by Crippen LogP contribution is 2.46. The number of aliphatic hydroxyl groups excluding tert-OH is 1. The van der Waals surface area contributed by atoms with Crippen LogP contribution in [0.1, 0.15) is 71.6 Å². The smallest absolute Gasteiger partial charge is 0.305 e. The molecule has 0 aromatic rings. The van der Waals surface area contributed by atoms with Crippen LogP contribution in [0.2, 0.25) is 0 Å². The van der Waals surface area contributed by atoms with Crippen LogP contribution in [0.15, 0.2) is 12.2 Å². The van der Waals surface area contributed by atoms with E-state index in [1.54, 1.807) is 0 Å². The number of carbonyl (C=O) groups is 1. The summed E-state index contributed by atoms with van der Waals surface area (Å²) in [4.78, 5) is 11.5. The molecule has 0 amide bonds. The number of esters is 1. The quantitative estimate of drug-likeness (QED) is 0.209. The van der Waals surface area contributed by atoms with Crippen molar-refractivity contribution in [1.29, 1.82) is 0 Å². The second-order valence-corrected chi connectivity index (χ2v) is 9.83. The fraction of sp³-hybridized carbons (Fsp3) is 0.864. The highest BCUT2D eigenvalue weighted by molar-refractivity contribution is 9.09. The normalized spacial score (nSPS) is 33.0. The minimum absolute atomic E-state index is 0.0300. The maximum absolute atomic E-state index is 11.3. The summed E-state index contributed by atoms with van der Waals surface area (Å²) in [5, 5.41) is 21.1. The van der Waals surface area contributed by atoms with Crippen LogP contribution in [-0.2, 0) is 14.3 Å². The minimum atomic E-state index is -0.822. The third-order valence-electron chi connectivity index (χ3n) is 6.20. The van der Waals surface area contributed by atoms with Gasteiger partial charge in [0.2, 0.25) is 0 Å². The number of methoxy groups -OCH3 is 1. The Hall–Kier alpha value is -0.430. The first-order chi connectivity index (χ1) is 13.3. The van der Waals surface area contributed by atoms with E-state index in [2.05, 4.69) is 27.6 Å². The average Bonchev–Trinajstić information content (AvgIpc) is 3.17. The molecule has 3 unspecified atom stereocenters. The van der Waals surface area contributed by atoms with Gasteiger partial charge in [0.15, 0.2) is 0 Å². The molecule has 6 heteroatoms. The fourth-order valence-corrected chi connectivity index (χ4v) is 5.15. The van der Waals surface area contributed by atoms with E-state index in [0.29, 0.717) is 12.8 Å². The number of hydrogen-bond donors (Lipinski definition) is 2. The van der Waals surface area contributed by atoms with Gasteiger partial charge < -0.3 is 19.7 Å². The van der Waals surface area contributed by atoms with E-state index >= 15 is 0 Å². The topological polar surface area (TPSA) is 76.0 Å². The van der Waals surface area contributed by atoms with Gasteiger partial charge in [0, 0.05) is 23.6 Å². The Morgan fingerprint density at radius 3 is 2.79 bits per heavy atom. The second kappa shape index (κ2) is 11.1. The Bertz CT molecular complexity index is 521. The summed E-state index contributed by atoms with van der Waals surface area (Å²) < 4.78 is 10.9. The van der Waals surface area contributed by atoms with Gasteiger partial charge in [-0.2, -0.15) is 0 Å². The molecule has 1 saturated carbocycles. The van der Waals surface area contributed by atoms with E-state index in [9.17, 15) is 15.0 Å². The maximum Gasteiger partial charge on any atom is 0.305 e. The summed E-state index contributed by atoms with van der Waals surface area (Å²) in [7, 11) is 1.41. The molecule has 162 valence electrons. The van der Waals surface area contributed by atoms with Gasteiger partial charge in [-0.05, 0) is 38.5 Å². The Morgan fingerprint density at radius 1 is 1.36 bits per heavy atom. The van der Waals surface area contributed by atoms with E-state index in [4.69, 9.17) is 4.74 Å². The molecule has 0 radical (unpaired) electrons. The van der Waals surface area contributed by atoms with Crippen molar-refractivity contribution in [2.45, 2.75) is 100 Å². The standard InChI is InChI=1S/C22H37BrO5/c1-4-5-6-11-22(2,26)12-10-15-16-13-20(28-19(16)14-18(15)24)17(23)8-7-9-21(25)27-3/h10,12,15-20,24,26H,4-9,11,13-14H2,1-3H3/b12-10+/t15-,16-,17?,18-,19-,20?,22?/m1/s1. The first-order valence-corrected chi connectivity index (χ1v) is 11.6. The van der Waals surface area contributed by atoms with Gasteiger partial charge in [-0.3, -0.25) is 4.79 Å². The number of hydrogen-bond acceptors (Lipinski definition) is 5. The highest BCUT2D eigenvalue weighted by atomic mass is 79.9. The van der Waals surface area contributed by atoms with Gasteiger partial charge in [0.1, 0.15) is 0 Å². The van der Waals surface area contributed by atoms with Crippen molar-refractivity contribution >= 4 is 21.9 Å². The minimum Gasteiger partial charge on any atom is -0.469 e. The lowest BCUT2D eigenvalue weighted by atomic mass is 9.87. The van der Waals surface area contributed by atoms with Crippen molar-refractivity contribution < 1.29 is 24.5 Å². The number of fused-ring (bicyclic) bond motifs is 1. The van der Waals surface area contributed by atoms with Gasteiger partial charge in [-0.15, -0.1) is 0 Å². The summed E-state index contributed by atoms with van der Waals surface area (Å²) in [5.74, 6) is 0.133. The number of carbonyl (C=O) groups excluding carboxylic acids is 1. The largest absolute Gasteiger partial charge is 0.469 e. The lowest BCUT2D eigenvalue weighted by Gasteiger charge is -2.23. The number of rotatable bonds is 11. The van der Waals surface area contributed by atoms with Crippen LogP contribution in [0.3, 0.4) is 0 Å². The molecule has 5 nitrogen and oxygen atoms in total. The first-order valence-electron chi connectivity index (χ1n) is 10.7. The average molecular weight is 461 g/mol. The Morgan fingerprint density at radius 2 is 2.11 bits per heavy atom. The molecule has 0 bridgehead atoms. The van der Waals surface area contributed by atoms with Gasteiger partial charge in [-0.1, -0.05) is 54.3 Å². The maximum atomic E-state index is 11.3. The Labute approximate surface area is 178 Å². The molecule has 2 aliphatic rings. The van der Waals surface area contributed by atoms with Crippen molar-refractivity contribution in [2.75, 3.05) is 7.11 Å². The first kappa shape index (κ1) is 23.8. The van der Waals surface area contributed by atoms with Crippen molar-refractivity contribution in [2.24, 2.45) is 11.8 Å². The molecule has 1 saturated heterocycles. The van der Waals surface area contributed by atoms with Gasteiger partial charge in [0.25, 0.3) is 0 Å². The summed E-state index contributed by atoms with van der Waals surface area (Å²) >= 11 is 3.73. The summed E-state index contributed by atoms with van der Waals surface area (Å²) in [6.45, 7) is 4.00. The number of alkyl halides is 1. The van der Waals surface area contributed by atoms with Crippen molar-refractivity contribution in [3.8, 4) is 0 Å². The number of unbranched alkanes of at least 4 members (excludes halogenated alkanes) is 2. The highest BCUT2D eigenvalue weighted by Gasteiger charge is 2.49. The monoisotopic (exact) mass is 460 g/mol. The van der Waals surface area contributed by atoms with Gasteiger partial charge >= 0.3 is 5.97 Å². The fourth-order valence-electron chi connectivity index (χ4n) is 4.48. The molecule has 0 aromatic carbocycles. The van der Waals surface area contributed by atoms with Crippen LogP contribution < -0.4 is 0 Å². The van der Waals surface area contributed by atoms with Crippen LogP contribution in [0.5, 0.6) is 0 Å². The van der Waals surface area contributed by atoms with E-state index in [0.717, 1.165) is 44.9 Å². The van der Waals surface area contributed by atoms with Crippen LogP contribution in [0, 0.1) is 11.8 Å². The SMILES string of the molecule is CCCCCC(C)(O)/C=C/[C@@H]1[C@H]2CC(C(Br)CCCC(=O)OC)O[C@@H]2C[C@H]1O. The summed E-state index contributed by atoms with van der Waals surface area (Å²) in [6.07, 6.45) is 11.3. The van der Waals surface area contributed by atoms with Gasteiger partial charge in [0.05, 0.1) is 31.0 Å². The van der Waals surface area contributed by atoms with E-state index in [1.165, 1.54) is 7.11 Å². The zero-order valence-corrected chi connectivity index (χ0v) is 19.1. The van der Waals surface area contributed by atoms with Crippen LogP contribution in [-0.4, -0.2) is 52.0 Å².